The number of para-hydroxylation sites is 2. The van der Waals surface area contributed by atoms with Crippen LogP contribution in [0.1, 0.15) is 70.1 Å². The summed E-state index contributed by atoms with van der Waals surface area (Å²) in [6, 6.07) is 26.2. The van der Waals surface area contributed by atoms with Crippen LogP contribution in [0.15, 0.2) is 97.1 Å². The maximum Gasteiger partial charge on any atom is 0.335 e. The molecule has 0 amide bonds. The molecule has 1 atom stereocenters. The van der Waals surface area contributed by atoms with Gasteiger partial charge in [0.15, 0.2) is 0 Å². The van der Waals surface area contributed by atoms with Crippen LogP contribution in [-0.2, 0) is 28.7 Å². The number of nitrogens with two attached hydrogens (primary N) is 7. The fourth-order valence-corrected chi connectivity index (χ4v) is 4.35. The molecule has 0 aliphatic carbocycles. The fourth-order valence-electron chi connectivity index (χ4n) is 3.57. The molecule has 0 heterocycles. The van der Waals surface area contributed by atoms with Gasteiger partial charge in [-0.3, -0.25) is 33.6 Å². The molecule has 1 unspecified atom stereocenters. The molecule has 65 heavy (non-hydrogen) atoms. The predicted molar refractivity (Wildman–Crippen MR) is 260 cm³/mol. The molecule has 0 bridgehead atoms. The summed E-state index contributed by atoms with van der Waals surface area (Å²) in [6.07, 6.45) is 0.694. The van der Waals surface area contributed by atoms with Gasteiger partial charge in [0.1, 0.15) is 5.92 Å². The summed E-state index contributed by atoms with van der Waals surface area (Å²) in [5, 5.41) is 5.00. The standard InChI is InChI=1S/C9H12Cl2O4.C8H4Cl2O2.C7H7NO2.2C6H8N2.C4H4Cl2O2.C2H8N2/c1-2-15-9(14)6(8(11)13)4-3-5-7(10)12;9-7(11)5-1-2-6(4-3-5)8(10)12;8-6-3-1-5(2-4-6)7(9)10;7-5-1-2-6(8)4-3-5;7-5-3-1-2-4-6(5)8;5-3(7)1-2-4(6)8;3-1-2-4/h6H,2-5H2,1H3;1-4H;1-4H,8H2,(H,9,10);2*1-4H,7-8H2;1-2H2;1-4H2. The Hall–Kier alpha value is -5.50. The van der Waals surface area contributed by atoms with Crippen molar-refractivity contribution in [2.24, 2.45) is 17.4 Å². The van der Waals surface area contributed by atoms with Crippen LogP contribution in [0, 0.1) is 5.92 Å². The van der Waals surface area contributed by atoms with Crippen molar-refractivity contribution in [3.63, 3.8) is 0 Å². The van der Waals surface area contributed by atoms with Crippen molar-refractivity contribution in [2.75, 3.05) is 48.4 Å². The van der Waals surface area contributed by atoms with E-state index < -0.39 is 49.3 Å². The summed E-state index contributed by atoms with van der Waals surface area (Å²) < 4.78 is 4.66. The number of carboxylic acids is 1. The number of carbonyl (C=O) groups is 8. The number of aromatic carboxylic acids is 1. The quantitative estimate of drug-likeness (QED) is 0.0268. The highest BCUT2D eigenvalue weighted by Crippen LogP contribution is 2.15. The zero-order chi connectivity index (χ0) is 50.5. The SMILES string of the molecule is CCOC(=O)C(CCCC(=O)Cl)C(=O)Cl.NCCN.Nc1ccc(C(=O)O)cc1.Nc1ccc(N)cc1.Nc1ccccc1N.O=C(Cl)CCC(=O)Cl.O=C(Cl)c1ccc(C(=O)Cl)cc1. The minimum Gasteiger partial charge on any atom is -0.478 e. The van der Waals surface area contributed by atoms with Gasteiger partial charge in [0.2, 0.25) is 21.0 Å². The Morgan fingerprint density at radius 1 is 0.523 bits per heavy atom. The first kappa shape index (κ1) is 63.8. The predicted octanol–water partition coefficient (Wildman–Crippen LogP) is 7.18. The van der Waals surface area contributed by atoms with Crippen molar-refractivity contribution in [2.45, 2.75) is 39.0 Å². The van der Waals surface area contributed by atoms with E-state index in [0.29, 0.717) is 47.7 Å². The molecule has 15 N–H and O–H groups in total. The van der Waals surface area contributed by atoms with E-state index in [1.165, 1.54) is 36.4 Å². The summed E-state index contributed by atoms with van der Waals surface area (Å²) in [6.45, 7) is 3.02. The fraction of sp³-hybridized carbons (Fsp3) is 0.238. The maximum atomic E-state index is 11.2. The van der Waals surface area contributed by atoms with Crippen molar-refractivity contribution in [1.29, 1.82) is 0 Å². The summed E-state index contributed by atoms with van der Waals surface area (Å²) in [5.74, 6) is -2.58. The van der Waals surface area contributed by atoms with Crippen molar-refractivity contribution in [3.05, 3.63) is 114 Å². The molecule has 356 valence electrons. The topological polar surface area (TPSA) is 348 Å². The van der Waals surface area contributed by atoms with Gasteiger partial charge < -0.3 is 50.0 Å². The zero-order valence-corrected chi connectivity index (χ0v) is 39.4. The number of hydrogen-bond acceptors (Lipinski definition) is 16. The highest BCUT2D eigenvalue weighted by molar-refractivity contribution is 6.68. The number of carboxylic acid groups (broad SMARTS) is 1. The largest absolute Gasteiger partial charge is 0.478 e. The van der Waals surface area contributed by atoms with E-state index in [4.69, 9.17) is 115 Å². The first-order valence-corrected chi connectivity index (χ1v) is 20.8. The number of hydrogen-bond donors (Lipinski definition) is 8. The van der Waals surface area contributed by atoms with Crippen LogP contribution in [0.2, 0.25) is 0 Å². The van der Waals surface area contributed by atoms with E-state index >= 15 is 0 Å². The van der Waals surface area contributed by atoms with Crippen LogP contribution in [0.25, 0.3) is 0 Å². The van der Waals surface area contributed by atoms with E-state index in [1.54, 1.807) is 55.5 Å². The molecule has 0 saturated heterocycles. The molecule has 0 aliphatic heterocycles. The lowest BCUT2D eigenvalue weighted by atomic mass is 10.0. The molecule has 0 saturated carbocycles. The number of esters is 1. The van der Waals surface area contributed by atoms with Crippen LogP contribution in [0.3, 0.4) is 0 Å². The van der Waals surface area contributed by atoms with Crippen LogP contribution in [0.5, 0.6) is 0 Å². The Morgan fingerprint density at radius 2 is 0.846 bits per heavy atom. The Kier molecular flexibility index (Phi) is 38.2. The Morgan fingerprint density at radius 3 is 1.09 bits per heavy atom. The smallest absolute Gasteiger partial charge is 0.335 e. The molecule has 17 nitrogen and oxygen atoms in total. The molecule has 0 fully saturated rings. The molecule has 0 spiro atoms. The normalized spacial score (nSPS) is 9.68. The Labute approximate surface area is 406 Å². The van der Waals surface area contributed by atoms with Gasteiger partial charge in [0, 0.05) is 60.5 Å². The minimum absolute atomic E-state index is 0.0316. The van der Waals surface area contributed by atoms with E-state index in [-0.39, 0.29) is 37.9 Å². The molecule has 0 radical (unpaired) electrons. The van der Waals surface area contributed by atoms with E-state index in [9.17, 15) is 38.4 Å². The molecule has 23 heteroatoms. The van der Waals surface area contributed by atoms with Gasteiger partial charge in [-0.2, -0.15) is 0 Å². The molecule has 4 aromatic rings. The lowest BCUT2D eigenvalue weighted by Crippen LogP contribution is -2.23. The lowest BCUT2D eigenvalue weighted by Gasteiger charge is -2.10. The van der Waals surface area contributed by atoms with Gasteiger partial charge in [-0.25, -0.2) is 4.79 Å². The van der Waals surface area contributed by atoms with E-state index in [0.717, 1.165) is 11.4 Å². The first-order valence-electron chi connectivity index (χ1n) is 18.5. The summed E-state index contributed by atoms with van der Waals surface area (Å²) >= 11 is 30.4. The average Bonchev–Trinajstić information content (AvgIpc) is 3.25. The Balaban J connectivity index is -0.000000707. The van der Waals surface area contributed by atoms with Crippen molar-refractivity contribution < 1.29 is 48.2 Å². The monoisotopic (exact) mass is 1020 g/mol. The summed E-state index contributed by atoms with van der Waals surface area (Å²) in [7, 11) is 0. The van der Waals surface area contributed by atoms with Crippen molar-refractivity contribution in [1.82, 2.24) is 0 Å². The van der Waals surface area contributed by atoms with Crippen molar-refractivity contribution >= 4 is 141 Å². The second kappa shape index (κ2) is 38.9. The third-order valence-electron chi connectivity index (χ3n) is 6.82. The van der Waals surface area contributed by atoms with Gasteiger partial charge in [0.25, 0.3) is 10.5 Å². The summed E-state index contributed by atoms with van der Waals surface area (Å²) in [5.41, 5.74) is 41.0. The number of halogens is 6. The maximum absolute atomic E-state index is 11.2. The van der Waals surface area contributed by atoms with Crippen LogP contribution >= 0.6 is 69.6 Å². The zero-order valence-electron chi connectivity index (χ0n) is 34.9. The number of ether oxygens (including phenoxy) is 1. The second-order valence-corrected chi connectivity index (χ2v) is 14.3. The van der Waals surface area contributed by atoms with Gasteiger partial charge in [-0.05, 0) is 174 Å². The van der Waals surface area contributed by atoms with Gasteiger partial charge in [-0.15, -0.1) is 0 Å². The minimum atomic E-state index is -0.998. The van der Waals surface area contributed by atoms with Crippen LogP contribution in [0.4, 0.5) is 28.4 Å². The number of nitrogen functional groups attached to an aromatic ring is 5. The Bertz CT molecular complexity index is 1970. The number of benzene rings is 4. The van der Waals surface area contributed by atoms with E-state index in [1.807, 2.05) is 12.1 Å². The number of anilines is 5. The molecule has 0 aromatic heterocycles. The van der Waals surface area contributed by atoms with Gasteiger partial charge >= 0.3 is 11.9 Å². The van der Waals surface area contributed by atoms with E-state index in [2.05, 4.69) is 4.74 Å². The van der Waals surface area contributed by atoms with Crippen LogP contribution < -0.4 is 40.1 Å². The highest BCUT2D eigenvalue weighted by Gasteiger charge is 2.26. The second-order valence-electron chi connectivity index (χ2n) is 12.0. The van der Waals surface area contributed by atoms with Crippen molar-refractivity contribution in [3.8, 4) is 0 Å². The van der Waals surface area contributed by atoms with Crippen LogP contribution in [-0.4, -0.2) is 68.2 Å². The van der Waals surface area contributed by atoms with Gasteiger partial charge in [0.05, 0.1) is 23.5 Å². The molecule has 0 aliphatic rings. The first-order chi connectivity index (χ1) is 30.4. The third kappa shape index (κ3) is 37.6. The number of rotatable bonds is 14. The lowest BCUT2D eigenvalue weighted by molar-refractivity contribution is -0.150. The highest BCUT2D eigenvalue weighted by atomic mass is 35.5. The molecule has 4 aromatic carbocycles. The molecular formula is C42H51Cl6N7O10. The summed E-state index contributed by atoms with van der Waals surface area (Å²) in [4.78, 5) is 83.7. The molecular weight excluding hydrogens is 975 g/mol. The molecule has 4 rings (SSSR count). The number of carbonyl (C=O) groups excluding carboxylic acids is 7. The third-order valence-corrected chi connectivity index (χ3v) is 8.09. The van der Waals surface area contributed by atoms with Gasteiger partial charge in [-0.1, -0.05) is 12.1 Å². The average molecular weight is 1030 g/mol.